The third-order valence-electron chi connectivity index (χ3n) is 5.20. The van der Waals surface area contributed by atoms with E-state index in [0.29, 0.717) is 30.3 Å². The van der Waals surface area contributed by atoms with E-state index in [0.717, 1.165) is 5.56 Å². The number of hydrogen-bond acceptors (Lipinski definition) is 3. The highest BCUT2D eigenvalue weighted by molar-refractivity contribution is 5.98. The van der Waals surface area contributed by atoms with E-state index in [4.69, 9.17) is 4.74 Å². The molecule has 3 aromatic carbocycles. The maximum Gasteiger partial charge on any atom is 0.229 e. The summed E-state index contributed by atoms with van der Waals surface area (Å²) in [4.78, 5) is 27.1. The van der Waals surface area contributed by atoms with Crippen LogP contribution in [0.15, 0.2) is 78.9 Å². The molecule has 0 radical (unpaired) electrons. The van der Waals surface area contributed by atoms with Crippen molar-refractivity contribution >= 4 is 17.5 Å². The molecule has 30 heavy (non-hydrogen) atoms. The Morgan fingerprint density at radius 1 is 1.00 bits per heavy atom. The molecule has 5 nitrogen and oxygen atoms in total. The number of likely N-dealkylation sites (tertiary alicyclic amines) is 1. The minimum absolute atomic E-state index is 0.00421. The van der Waals surface area contributed by atoms with Gasteiger partial charge in [0.05, 0.1) is 11.6 Å². The molecule has 1 aliphatic heterocycles. The number of amides is 2. The molecule has 0 spiro atoms. The van der Waals surface area contributed by atoms with Crippen molar-refractivity contribution in [2.24, 2.45) is 5.92 Å². The highest BCUT2D eigenvalue weighted by Crippen LogP contribution is 2.30. The van der Waals surface area contributed by atoms with Gasteiger partial charge in [-0.25, -0.2) is 0 Å². The number of nitrogens with zero attached hydrogens (tertiary/aromatic N) is 1. The number of anilines is 1. The zero-order chi connectivity index (χ0) is 20.9. The second-order valence-electron chi connectivity index (χ2n) is 7.56. The minimum atomic E-state index is -0.382. The van der Waals surface area contributed by atoms with E-state index in [1.165, 1.54) is 5.56 Å². The first-order chi connectivity index (χ1) is 14.6. The fraction of sp³-hybridized carbons (Fsp3) is 0.200. The maximum absolute atomic E-state index is 12.9. The smallest absolute Gasteiger partial charge is 0.229 e. The Morgan fingerprint density at radius 3 is 2.47 bits per heavy atom. The molecule has 2 amide bonds. The first-order valence-corrected chi connectivity index (χ1v) is 10.0. The van der Waals surface area contributed by atoms with E-state index in [1.807, 2.05) is 79.7 Å². The van der Waals surface area contributed by atoms with Crippen LogP contribution in [0.5, 0.6) is 11.5 Å². The van der Waals surface area contributed by atoms with Crippen molar-refractivity contribution in [1.82, 2.24) is 4.90 Å². The predicted octanol–water partition coefficient (Wildman–Crippen LogP) is 4.77. The van der Waals surface area contributed by atoms with E-state index in [1.54, 1.807) is 11.0 Å². The van der Waals surface area contributed by atoms with Crippen LogP contribution < -0.4 is 10.1 Å². The fourth-order valence-electron chi connectivity index (χ4n) is 3.52. The molecule has 1 heterocycles. The van der Waals surface area contributed by atoms with Gasteiger partial charge in [0.2, 0.25) is 11.8 Å². The van der Waals surface area contributed by atoms with Crippen LogP contribution in [0.25, 0.3) is 0 Å². The number of carbonyl (C=O) groups is 2. The number of nitrogens with one attached hydrogen (secondary N) is 1. The van der Waals surface area contributed by atoms with E-state index in [-0.39, 0.29) is 24.2 Å². The Balaban J connectivity index is 1.41. The van der Waals surface area contributed by atoms with Crippen molar-refractivity contribution in [3.63, 3.8) is 0 Å². The average Bonchev–Trinajstić information content (AvgIpc) is 3.12. The topological polar surface area (TPSA) is 58.6 Å². The minimum Gasteiger partial charge on any atom is -0.455 e. The first-order valence-electron chi connectivity index (χ1n) is 10.0. The number of aryl methyl sites for hydroxylation is 1. The second-order valence-corrected chi connectivity index (χ2v) is 7.56. The van der Waals surface area contributed by atoms with Gasteiger partial charge in [-0.1, -0.05) is 60.2 Å². The Morgan fingerprint density at radius 2 is 1.70 bits per heavy atom. The third kappa shape index (κ3) is 4.69. The Bertz CT molecular complexity index is 1030. The van der Waals surface area contributed by atoms with Crippen molar-refractivity contribution in [3.8, 4) is 11.5 Å². The summed E-state index contributed by atoms with van der Waals surface area (Å²) >= 11 is 0. The molecule has 0 bridgehead atoms. The number of hydrogen-bond donors (Lipinski definition) is 1. The quantitative estimate of drug-likeness (QED) is 0.648. The summed E-state index contributed by atoms with van der Waals surface area (Å²) in [6, 6.07) is 24.8. The van der Waals surface area contributed by atoms with Crippen LogP contribution in [0, 0.1) is 12.8 Å². The van der Waals surface area contributed by atoms with Crippen LogP contribution in [-0.4, -0.2) is 23.3 Å². The van der Waals surface area contributed by atoms with Crippen LogP contribution >= 0.6 is 0 Å². The lowest BCUT2D eigenvalue weighted by Crippen LogP contribution is -2.28. The summed E-state index contributed by atoms with van der Waals surface area (Å²) in [6.45, 7) is 2.97. The van der Waals surface area contributed by atoms with Crippen LogP contribution in [0.2, 0.25) is 0 Å². The average molecular weight is 400 g/mol. The van der Waals surface area contributed by atoms with Crippen molar-refractivity contribution in [2.75, 3.05) is 11.9 Å². The first kappa shape index (κ1) is 19.7. The summed E-state index contributed by atoms with van der Waals surface area (Å²) in [5.41, 5.74) is 2.84. The van der Waals surface area contributed by atoms with Gasteiger partial charge >= 0.3 is 0 Å². The summed E-state index contributed by atoms with van der Waals surface area (Å²) in [6.07, 6.45) is 0.222. The van der Waals surface area contributed by atoms with Gasteiger partial charge in [0.25, 0.3) is 0 Å². The lowest BCUT2D eigenvalue weighted by molar-refractivity contribution is -0.128. The molecule has 4 rings (SSSR count). The van der Waals surface area contributed by atoms with Gasteiger partial charge in [-0.05, 0) is 36.8 Å². The number of para-hydroxylation sites is 3. The zero-order valence-corrected chi connectivity index (χ0v) is 16.9. The standard InChI is InChI=1S/C25H24N2O3/c1-18-11-13-19(14-12-18)16-27-17-20(15-24(27)28)25(29)26-22-9-5-6-10-23(22)30-21-7-3-2-4-8-21/h2-14,20H,15-17H2,1H3,(H,26,29)/t20-/m0/s1. The summed E-state index contributed by atoms with van der Waals surface area (Å²) in [5.74, 6) is 0.716. The van der Waals surface area contributed by atoms with Crippen LogP contribution in [0.3, 0.4) is 0 Å². The molecule has 152 valence electrons. The summed E-state index contributed by atoms with van der Waals surface area (Å²) < 4.78 is 5.91. The van der Waals surface area contributed by atoms with E-state index >= 15 is 0 Å². The fourth-order valence-corrected chi connectivity index (χ4v) is 3.52. The van der Waals surface area contributed by atoms with Crippen molar-refractivity contribution < 1.29 is 14.3 Å². The normalized spacial score (nSPS) is 15.8. The van der Waals surface area contributed by atoms with Gasteiger partial charge in [-0.2, -0.15) is 0 Å². The Kier molecular flexibility index (Phi) is 5.80. The number of benzene rings is 3. The lowest BCUT2D eigenvalue weighted by Gasteiger charge is -2.17. The van der Waals surface area contributed by atoms with Gasteiger partial charge in [-0.15, -0.1) is 0 Å². The molecular formula is C25H24N2O3. The Labute approximate surface area is 176 Å². The molecule has 0 aromatic heterocycles. The van der Waals surface area contributed by atoms with Crippen LogP contribution in [-0.2, 0) is 16.1 Å². The van der Waals surface area contributed by atoms with E-state index in [9.17, 15) is 9.59 Å². The largest absolute Gasteiger partial charge is 0.455 e. The maximum atomic E-state index is 12.9. The molecule has 0 aliphatic carbocycles. The number of carbonyl (C=O) groups excluding carboxylic acids is 2. The Hall–Kier alpha value is -3.60. The molecular weight excluding hydrogens is 376 g/mol. The van der Waals surface area contributed by atoms with Gasteiger partial charge in [0, 0.05) is 19.5 Å². The molecule has 1 fully saturated rings. The third-order valence-corrected chi connectivity index (χ3v) is 5.20. The highest BCUT2D eigenvalue weighted by Gasteiger charge is 2.34. The summed E-state index contributed by atoms with van der Waals surface area (Å²) in [5, 5.41) is 2.94. The molecule has 5 heteroatoms. The van der Waals surface area contributed by atoms with Gasteiger partial charge in [0.1, 0.15) is 5.75 Å². The lowest BCUT2D eigenvalue weighted by atomic mass is 10.1. The highest BCUT2D eigenvalue weighted by atomic mass is 16.5. The van der Waals surface area contributed by atoms with Crippen LogP contribution in [0.4, 0.5) is 5.69 Å². The molecule has 1 N–H and O–H groups in total. The van der Waals surface area contributed by atoms with E-state index in [2.05, 4.69) is 5.32 Å². The number of rotatable bonds is 6. The summed E-state index contributed by atoms with van der Waals surface area (Å²) in [7, 11) is 0. The van der Waals surface area contributed by atoms with Crippen LogP contribution in [0.1, 0.15) is 17.5 Å². The molecule has 1 aliphatic rings. The van der Waals surface area contributed by atoms with Crippen molar-refractivity contribution in [2.45, 2.75) is 19.9 Å². The zero-order valence-electron chi connectivity index (χ0n) is 16.9. The predicted molar refractivity (Wildman–Crippen MR) is 116 cm³/mol. The van der Waals surface area contributed by atoms with Gasteiger partial charge in [0.15, 0.2) is 5.75 Å². The van der Waals surface area contributed by atoms with Gasteiger partial charge in [-0.3, -0.25) is 9.59 Å². The van der Waals surface area contributed by atoms with Gasteiger partial charge < -0.3 is 15.0 Å². The SMILES string of the molecule is Cc1ccc(CN2C[C@@H](C(=O)Nc3ccccc3Oc3ccccc3)CC2=O)cc1. The second kappa shape index (κ2) is 8.82. The molecule has 0 saturated carbocycles. The molecule has 0 unspecified atom stereocenters. The van der Waals surface area contributed by atoms with E-state index < -0.39 is 0 Å². The molecule has 1 atom stereocenters. The molecule has 3 aromatic rings. The monoisotopic (exact) mass is 400 g/mol. The number of ether oxygens (including phenoxy) is 1. The molecule has 1 saturated heterocycles. The van der Waals surface area contributed by atoms with Crippen molar-refractivity contribution in [3.05, 3.63) is 90.0 Å². The van der Waals surface area contributed by atoms with Crippen molar-refractivity contribution in [1.29, 1.82) is 0 Å².